The van der Waals surface area contributed by atoms with Crippen molar-refractivity contribution in [2.75, 3.05) is 12.3 Å². The van der Waals surface area contributed by atoms with Crippen LogP contribution in [0.25, 0.3) is 0 Å². The van der Waals surface area contributed by atoms with E-state index in [2.05, 4.69) is 48.5 Å². The smallest absolute Gasteiger partial charge is 0.148 e. The van der Waals surface area contributed by atoms with Gasteiger partial charge in [-0.2, -0.15) is 0 Å². The van der Waals surface area contributed by atoms with Crippen molar-refractivity contribution in [2.45, 2.75) is 110 Å². The number of fused-ring (bicyclic) bond motifs is 1. The molecule has 1 N–H and O–H groups in total. The number of halogens is 1. The van der Waals surface area contributed by atoms with Crippen molar-refractivity contribution in [2.24, 2.45) is 23.2 Å². The fourth-order valence-electron chi connectivity index (χ4n) is 6.97. The molecule has 0 aromatic heterocycles. The summed E-state index contributed by atoms with van der Waals surface area (Å²) in [6.07, 6.45) is 17.9. The van der Waals surface area contributed by atoms with Crippen LogP contribution in [0.5, 0.6) is 0 Å². The lowest BCUT2D eigenvalue weighted by molar-refractivity contribution is -0.0785. The zero-order chi connectivity index (χ0) is 24.1. The summed E-state index contributed by atoms with van der Waals surface area (Å²) in [6, 6.07) is 0. The Bertz CT molecular complexity index is 719. The first-order chi connectivity index (χ1) is 15.6. The molecule has 3 aliphatic carbocycles. The normalized spacial score (nSPS) is 34.1. The summed E-state index contributed by atoms with van der Waals surface area (Å²) in [5.41, 5.74) is 4.71. The van der Waals surface area contributed by atoms with Crippen molar-refractivity contribution in [3.63, 3.8) is 0 Å². The van der Waals surface area contributed by atoms with Crippen LogP contribution in [0.4, 0.5) is 0 Å². The fourth-order valence-corrected chi connectivity index (χ4v) is 7.10. The summed E-state index contributed by atoms with van der Waals surface area (Å²) in [5.74, 6) is 2.26. The molecule has 0 radical (unpaired) electrons. The van der Waals surface area contributed by atoms with Crippen LogP contribution in [0.1, 0.15) is 98.3 Å². The van der Waals surface area contributed by atoms with Gasteiger partial charge in [-0.3, -0.25) is 0 Å². The third kappa shape index (κ3) is 7.29. The average molecular weight is 524 g/mol. The zero-order valence-electron chi connectivity index (χ0n) is 21.5. The zero-order valence-corrected chi connectivity index (χ0v) is 23.1. The van der Waals surface area contributed by atoms with Gasteiger partial charge in [-0.1, -0.05) is 72.5 Å². The second kappa shape index (κ2) is 12.0. The van der Waals surface area contributed by atoms with E-state index in [1.165, 1.54) is 49.7 Å². The number of hydrogen-bond donors (Lipinski definition) is 1. The fraction of sp³-hybridized carbons (Fsp3) is 0.793. The summed E-state index contributed by atoms with van der Waals surface area (Å²) in [7, 11) is 0. The van der Waals surface area contributed by atoms with Gasteiger partial charge in [0, 0.05) is 0 Å². The average Bonchev–Trinajstić information content (AvgIpc) is 3.10. The van der Waals surface area contributed by atoms with E-state index in [1.807, 2.05) is 13.8 Å². The van der Waals surface area contributed by atoms with Gasteiger partial charge in [0.1, 0.15) is 12.3 Å². The first kappa shape index (κ1) is 27.2. The highest BCUT2D eigenvalue weighted by Crippen LogP contribution is 2.60. The molecule has 0 spiro atoms. The number of aliphatic hydroxyl groups is 1. The second-order valence-electron chi connectivity index (χ2n) is 11.8. The highest BCUT2D eigenvalue weighted by molar-refractivity contribution is 9.09. The Morgan fingerprint density at radius 2 is 2.03 bits per heavy atom. The Labute approximate surface area is 211 Å². The molecule has 3 rings (SSSR count). The molecule has 5 atom stereocenters. The summed E-state index contributed by atoms with van der Waals surface area (Å²) >= 11 is 3.28. The maximum absolute atomic E-state index is 10.1. The van der Waals surface area contributed by atoms with E-state index >= 15 is 0 Å². The van der Waals surface area contributed by atoms with Crippen molar-refractivity contribution < 1.29 is 14.6 Å². The second-order valence-corrected chi connectivity index (χ2v) is 12.2. The maximum atomic E-state index is 10.1. The lowest BCUT2D eigenvalue weighted by Crippen LogP contribution is -2.36. The molecule has 3 aliphatic rings. The molecule has 3 saturated carbocycles. The first-order valence-corrected chi connectivity index (χ1v) is 14.3. The van der Waals surface area contributed by atoms with Gasteiger partial charge in [0.05, 0.1) is 11.7 Å². The van der Waals surface area contributed by atoms with Gasteiger partial charge < -0.3 is 14.6 Å². The SMILES string of the molecule is C=C1CC[C@H](OCOCBr)C/C1=C/C=C1\CCC[C@@]2(C)C1CC[C@@H]2[C@H](C)CCCC(C)(C)O. The quantitative estimate of drug-likeness (QED) is 0.179. The van der Waals surface area contributed by atoms with Gasteiger partial charge in [0.25, 0.3) is 0 Å². The van der Waals surface area contributed by atoms with E-state index < -0.39 is 5.60 Å². The van der Waals surface area contributed by atoms with Gasteiger partial charge in [0.2, 0.25) is 0 Å². The highest BCUT2D eigenvalue weighted by Gasteiger charge is 2.50. The van der Waals surface area contributed by atoms with Gasteiger partial charge in [-0.05, 0) is 100 Å². The molecule has 4 heteroatoms. The first-order valence-electron chi connectivity index (χ1n) is 13.2. The Morgan fingerprint density at radius 3 is 2.76 bits per heavy atom. The number of rotatable bonds is 10. The predicted molar refractivity (Wildman–Crippen MR) is 141 cm³/mol. The van der Waals surface area contributed by atoms with E-state index in [4.69, 9.17) is 9.47 Å². The monoisotopic (exact) mass is 522 g/mol. The van der Waals surface area contributed by atoms with E-state index in [1.54, 1.807) is 5.57 Å². The summed E-state index contributed by atoms with van der Waals surface area (Å²) < 4.78 is 11.2. The molecule has 0 bridgehead atoms. The largest absolute Gasteiger partial charge is 0.390 e. The number of allylic oxidation sites excluding steroid dienone is 4. The summed E-state index contributed by atoms with van der Waals surface area (Å²) in [4.78, 5) is 0. The molecule has 3 fully saturated rings. The number of hydrogen-bond acceptors (Lipinski definition) is 3. The van der Waals surface area contributed by atoms with Gasteiger partial charge in [-0.15, -0.1) is 0 Å². The van der Waals surface area contributed by atoms with Crippen molar-refractivity contribution in [1.29, 1.82) is 0 Å². The number of alkyl halides is 1. The van der Waals surface area contributed by atoms with Crippen LogP contribution >= 0.6 is 15.9 Å². The van der Waals surface area contributed by atoms with E-state index in [0.29, 0.717) is 17.7 Å². The van der Waals surface area contributed by atoms with Crippen LogP contribution in [0.2, 0.25) is 0 Å². The number of ether oxygens (including phenoxy) is 2. The molecule has 0 amide bonds. The van der Waals surface area contributed by atoms with Crippen molar-refractivity contribution in [3.8, 4) is 0 Å². The minimum absolute atomic E-state index is 0.233. The summed E-state index contributed by atoms with van der Waals surface area (Å²) in [5, 5.41) is 10.1. The van der Waals surface area contributed by atoms with Crippen LogP contribution in [0.3, 0.4) is 0 Å². The van der Waals surface area contributed by atoms with Crippen LogP contribution in [-0.4, -0.2) is 29.1 Å². The van der Waals surface area contributed by atoms with Crippen LogP contribution < -0.4 is 0 Å². The molecule has 0 aromatic carbocycles. The van der Waals surface area contributed by atoms with E-state index in [9.17, 15) is 5.11 Å². The molecule has 0 saturated heterocycles. The minimum Gasteiger partial charge on any atom is -0.390 e. The Hall–Kier alpha value is -0.420. The summed E-state index contributed by atoms with van der Waals surface area (Å²) in [6.45, 7) is 13.6. The van der Waals surface area contributed by atoms with E-state index in [0.717, 1.165) is 49.9 Å². The van der Waals surface area contributed by atoms with Crippen molar-refractivity contribution in [1.82, 2.24) is 0 Å². The lowest BCUT2D eigenvalue weighted by Gasteiger charge is -2.44. The third-order valence-electron chi connectivity index (χ3n) is 8.81. The topological polar surface area (TPSA) is 38.7 Å². The lowest BCUT2D eigenvalue weighted by atomic mass is 9.60. The molecule has 0 heterocycles. The minimum atomic E-state index is -0.538. The van der Waals surface area contributed by atoms with Crippen LogP contribution in [0.15, 0.2) is 35.5 Å². The Balaban J connectivity index is 1.64. The van der Waals surface area contributed by atoms with Crippen molar-refractivity contribution >= 4 is 15.9 Å². The van der Waals surface area contributed by atoms with Crippen LogP contribution in [-0.2, 0) is 9.47 Å². The molecule has 33 heavy (non-hydrogen) atoms. The molecule has 3 nitrogen and oxygen atoms in total. The van der Waals surface area contributed by atoms with Gasteiger partial charge in [0.15, 0.2) is 0 Å². The van der Waals surface area contributed by atoms with Gasteiger partial charge >= 0.3 is 0 Å². The van der Waals surface area contributed by atoms with Crippen LogP contribution in [0, 0.1) is 23.2 Å². The van der Waals surface area contributed by atoms with Gasteiger partial charge in [-0.25, -0.2) is 0 Å². The third-order valence-corrected chi connectivity index (χ3v) is 9.13. The highest BCUT2D eigenvalue weighted by atomic mass is 79.9. The molecular formula is C29H47BrO3. The molecule has 0 aromatic rings. The molecule has 1 unspecified atom stereocenters. The predicted octanol–water partition coefficient (Wildman–Crippen LogP) is 8.08. The standard InChI is InChI=1S/C29H47BrO3/c1-21-10-13-25(33-20-32-19-30)18-24(21)12-11-23-9-7-17-29(5)26(14-15-27(23)29)22(2)8-6-16-28(3,4)31/h11-12,22,25-27,31H,1,6-10,13-20H2,2-5H3/b23-11+,24-12-/t22-,25+,26-,27?,29-/m1/s1. The molecule has 0 aliphatic heterocycles. The Kier molecular flexibility index (Phi) is 9.89. The van der Waals surface area contributed by atoms with E-state index in [-0.39, 0.29) is 6.10 Å². The van der Waals surface area contributed by atoms with Crippen molar-refractivity contribution in [3.05, 3.63) is 35.5 Å². The molecule has 188 valence electrons. The Morgan fingerprint density at radius 1 is 1.24 bits per heavy atom. The maximum Gasteiger partial charge on any atom is 0.148 e. The molecular weight excluding hydrogens is 476 g/mol.